The lowest BCUT2D eigenvalue weighted by Crippen LogP contribution is -2.30. The molecule has 58 heavy (non-hydrogen) atoms. The molecule has 0 N–H and O–H groups in total. The molecule has 0 rings (SSSR count). The highest BCUT2D eigenvalue weighted by atomic mass is 16.6. The third-order valence-corrected chi connectivity index (χ3v) is 11.9. The van der Waals surface area contributed by atoms with Gasteiger partial charge in [-0.3, -0.25) is 14.4 Å². The molecule has 0 aliphatic carbocycles. The third kappa shape index (κ3) is 45.5. The second kappa shape index (κ2) is 48.1. The summed E-state index contributed by atoms with van der Waals surface area (Å²) in [7, 11) is 0. The van der Waals surface area contributed by atoms with E-state index < -0.39 is 6.10 Å². The second-order valence-corrected chi connectivity index (χ2v) is 17.8. The first kappa shape index (κ1) is 56.4. The van der Waals surface area contributed by atoms with E-state index in [0.717, 1.165) is 57.8 Å². The Morgan fingerprint density at radius 1 is 0.276 bits per heavy atom. The average molecular weight is 821 g/mol. The van der Waals surface area contributed by atoms with Crippen LogP contribution in [0.4, 0.5) is 0 Å². The summed E-state index contributed by atoms with van der Waals surface area (Å²) in [5.41, 5.74) is 0. The van der Waals surface area contributed by atoms with Gasteiger partial charge in [-0.1, -0.05) is 258 Å². The van der Waals surface area contributed by atoms with Crippen molar-refractivity contribution in [3.05, 3.63) is 0 Å². The van der Waals surface area contributed by atoms with Crippen LogP contribution in [-0.4, -0.2) is 37.2 Å². The maximum atomic E-state index is 12.6. The van der Waals surface area contributed by atoms with E-state index in [1.165, 1.54) is 199 Å². The molecule has 6 heteroatoms. The standard InChI is InChI=1S/C52H100O6/c1-4-7-10-13-16-18-19-20-21-22-23-24-25-26-27-28-29-30-31-32-33-34-37-39-42-45-51(54)57-48-49(47-56-50(53)44-41-38-35-15-12-9-6-3)58-52(55)46-43-40-36-17-14-11-8-5-2/h49H,4-48H2,1-3H3. The Bertz CT molecular complexity index is 859. The molecule has 0 aliphatic heterocycles. The van der Waals surface area contributed by atoms with E-state index in [1.807, 2.05) is 0 Å². The minimum Gasteiger partial charge on any atom is -0.462 e. The topological polar surface area (TPSA) is 78.9 Å². The Balaban J connectivity index is 3.95. The number of ether oxygens (including phenoxy) is 3. The van der Waals surface area contributed by atoms with Crippen LogP contribution in [0.3, 0.4) is 0 Å². The van der Waals surface area contributed by atoms with Crippen LogP contribution in [0.1, 0.15) is 297 Å². The van der Waals surface area contributed by atoms with Gasteiger partial charge in [-0.2, -0.15) is 0 Å². The number of unbranched alkanes of at least 4 members (excludes halogenated alkanes) is 37. The molecule has 0 amide bonds. The van der Waals surface area contributed by atoms with Gasteiger partial charge in [-0.25, -0.2) is 0 Å². The third-order valence-electron chi connectivity index (χ3n) is 11.9. The first-order valence-corrected chi connectivity index (χ1v) is 26.0. The highest BCUT2D eigenvalue weighted by Crippen LogP contribution is 2.17. The molecule has 0 aromatic carbocycles. The van der Waals surface area contributed by atoms with Gasteiger partial charge < -0.3 is 14.2 Å². The summed E-state index contributed by atoms with van der Waals surface area (Å²) in [5.74, 6) is -0.859. The molecule has 0 saturated heterocycles. The quantitative estimate of drug-likeness (QED) is 0.0346. The van der Waals surface area contributed by atoms with Gasteiger partial charge in [-0.05, 0) is 19.3 Å². The molecule has 0 heterocycles. The van der Waals surface area contributed by atoms with Crippen LogP contribution in [-0.2, 0) is 28.6 Å². The van der Waals surface area contributed by atoms with Crippen molar-refractivity contribution in [2.45, 2.75) is 303 Å². The van der Waals surface area contributed by atoms with Crippen molar-refractivity contribution in [1.29, 1.82) is 0 Å². The summed E-state index contributed by atoms with van der Waals surface area (Å²) in [4.78, 5) is 37.6. The lowest BCUT2D eigenvalue weighted by atomic mass is 10.0. The number of carbonyl (C=O) groups excluding carboxylic acids is 3. The fourth-order valence-electron chi connectivity index (χ4n) is 7.92. The molecule has 0 fully saturated rings. The summed E-state index contributed by atoms with van der Waals surface area (Å²) in [6, 6.07) is 0. The predicted octanol–water partition coefficient (Wildman–Crippen LogP) is 16.8. The van der Waals surface area contributed by atoms with E-state index >= 15 is 0 Å². The monoisotopic (exact) mass is 821 g/mol. The van der Waals surface area contributed by atoms with Crippen molar-refractivity contribution in [2.75, 3.05) is 13.2 Å². The van der Waals surface area contributed by atoms with E-state index in [9.17, 15) is 14.4 Å². The summed E-state index contributed by atoms with van der Waals surface area (Å²) >= 11 is 0. The van der Waals surface area contributed by atoms with Gasteiger partial charge in [0.15, 0.2) is 6.10 Å². The van der Waals surface area contributed by atoms with Crippen LogP contribution in [0, 0.1) is 0 Å². The molecule has 0 aliphatic rings. The Morgan fingerprint density at radius 2 is 0.466 bits per heavy atom. The van der Waals surface area contributed by atoms with Crippen LogP contribution in [0.15, 0.2) is 0 Å². The maximum absolute atomic E-state index is 12.6. The van der Waals surface area contributed by atoms with Gasteiger partial charge in [-0.15, -0.1) is 0 Å². The summed E-state index contributed by atoms with van der Waals surface area (Å²) in [5, 5.41) is 0. The van der Waals surface area contributed by atoms with Crippen LogP contribution in [0.25, 0.3) is 0 Å². The minimum absolute atomic E-state index is 0.0633. The molecule has 6 nitrogen and oxygen atoms in total. The van der Waals surface area contributed by atoms with Gasteiger partial charge in [0.05, 0.1) is 0 Å². The number of hydrogen-bond acceptors (Lipinski definition) is 6. The van der Waals surface area contributed by atoms with E-state index in [4.69, 9.17) is 14.2 Å². The molecule has 0 saturated carbocycles. The molecule has 0 radical (unpaired) electrons. The number of hydrogen-bond donors (Lipinski definition) is 0. The molecule has 0 aromatic rings. The molecule has 0 aromatic heterocycles. The maximum Gasteiger partial charge on any atom is 0.306 e. The van der Waals surface area contributed by atoms with Gasteiger partial charge in [0.25, 0.3) is 0 Å². The Kier molecular flexibility index (Phi) is 46.8. The van der Waals surface area contributed by atoms with Gasteiger partial charge >= 0.3 is 17.9 Å². The first-order chi connectivity index (χ1) is 28.5. The van der Waals surface area contributed by atoms with Crippen molar-refractivity contribution in [2.24, 2.45) is 0 Å². The van der Waals surface area contributed by atoms with Gasteiger partial charge in [0.2, 0.25) is 0 Å². The zero-order valence-electron chi connectivity index (χ0n) is 39.3. The summed E-state index contributed by atoms with van der Waals surface area (Å²) in [6.45, 7) is 6.60. The summed E-state index contributed by atoms with van der Waals surface area (Å²) < 4.78 is 16.7. The Morgan fingerprint density at radius 3 is 0.690 bits per heavy atom. The predicted molar refractivity (Wildman–Crippen MR) is 247 cm³/mol. The fraction of sp³-hybridized carbons (Fsp3) is 0.942. The minimum atomic E-state index is -0.757. The summed E-state index contributed by atoms with van der Waals surface area (Å²) in [6.07, 6.45) is 51.4. The van der Waals surface area contributed by atoms with Crippen molar-refractivity contribution < 1.29 is 28.6 Å². The largest absolute Gasteiger partial charge is 0.462 e. The van der Waals surface area contributed by atoms with Crippen LogP contribution in [0.5, 0.6) is 0 Å². The second-order valence-electron chi connectivity index (χ2n) is 17.8. The van der Waals surface area contributed by atoms with Gasteiger partial charge in [0.1, 0.15) is 13.2 Å². The Hall–Kier alpha value is -1.59. The molecular formula is C52H100O6. The zero-order valence-corrected chi connectivity index (χ0v) is 39.3. The van der Waals surface area contributed by atoms with Crippen LogP contribution >= 0.6 is 0 Å². The van der Waals surface area contributed by atoms with Crippen molar-refractivity contribution in [3.8, 4) is 0 Å². The lowest BCUT2D eigenvalue weighted by molar-refractivity contribution is -0.167. The number of rotatable bonds is 48. The molecule has 1 unspecified atom stereocenters. The SMILES string of the molecule is CCCCCCCCCCCCCCCCCCCCCCCCCCCC(=O)OCC(COC(=O)CCCCCCCCC)OC(=O)CCCCCCCCCC. The van der Waals surface area contributed by atoms with Crippen molar-refractivity contribution in [3.63, 3.8) is 0 Å². The normalized spacial score (nSPS) is 11.8. The van der Waals surface area contributed by atoms with Gasteiger partial charge in [0, 0.05) is 19.3 Å². The van der Waals surface area contributed by atoms with E-state index in [2.05, 4.69) is 20.8 Å². The molecule has 0 bridgehead atoms. The molecular weight excluding hydrogens is 721 g/mol. The highest BCUT2D eigenvalue weighted by Gasteiger charge is 2.19. The fourth-order valence-corrected chi connectivity index (χ4v) is 7.92. The van der Waals surface area contributed by atoms with Crippen molar-refractivity contribution >= 4 is 17.9 Å². The van der Waals surface area contributed by atoms with Crippen molar-refractivity contribution in [1.82, 2.24) is 0 Å². The molecule has 344 valence electrons. The number of esters is 3. The molecule has 0 spiro atoms. The average Bonchev–Trinajstić information content (AvgIpc) is 3.22. The van der Waals surface area contributed by atoms with E-state index in [1.54, 1.807) is 0 Å². The highest BCUT2D eigenvalue weighted by molar-refractivity contribution is 5.71. The zero-order chi connectivity index (χ0) is 42.3. The molecule has 1 atom stereocenters. The van der Waals surface area contributed by atoms with E-state index in [-0.39, 0.29) is 31.1 Å². The smallest absolute Gasteiger partial charge is 0.306 e. The first-order valence-electron chi connectivity index (χ1n) is 26.0. The van der Waals surface area contributed by atoms with Crippen LogP contribution < -0.4 is 0 Å². The lowest BCUT2D eigenvalue weighted by Gasteiger charge is -2.18. The van der Waals surface area contributed by atoms with Crippen LogP contribution in [0.2, 0.25) is 0 Å². The number of carbonyl (C=O) groups is 3. The Labute approximate surface area is 361 Å². The van der Waals surface area contributed by atoms with E-state index in [0.29, 0.717) is 19.3 Å².